The van der Waals surface area contributed by atoms with E-state index in [0.717, 1.165) is 24.5 Å². The van der Waals surface area contributed by atoms with Gasteiger partial charge in [0.1, 0.15) is 5.75 Å². The van der Waals surface area contributed by atoms with Crippen LogP contribution >= 0.6 is 28.6 Å². The van der Waals surface area contributed by atoms with Gasteiger partial charge >= 0.3 is 0 Å². The zero-order valence-corrected chi connectivity index (χ0v) is 11.0. The van der Waals surface area contributed by atoms with Gasteiger partial charge in [-0.15, -0.1) is 0 Å². The van der Waals surface area contributed by atoms with Crippen LogP contribution in [0.1, 0.15) is 17.5 Å². The van der Waals surface area contributed by atoms with Crippen LogP contribution in [0.25, 0.3) is 0 Å². The summed E-state index contributed by atoms with van der Waals surface area (Å²) in [6.07, 6.45) is 0.983. The van der Waals surface area contributed by atoms with Crippen molar-refractivity contribution in [3.63, 3.8) is 0 Å². The number of hydrogen-bond acceptors (Lipinski definition) is 2. The maximum absolute atomic E-state index is 5.59. The molecule has 0 aliphatic carbocycles. The highest BCUT2D eigenvalue weighted by Gasteiger charge is 2.02. The molecule has 0 heterocycles. The highest BCUT2D eigenvalue weighted by Crippen LogP contribution is 2.26. The SMILES string of the molecule is Cc1cc(OCCCS)cc(C)c1Br. The molecular formula is C11H15BrOS. The van der Waals surface area contributed by atoms with Gasteiger partial charge in [-0.3, -0.25) is 0 Å². The van der Waals surface area contributed by atoms with Gasteiger partial charge in [-0.25, -0.2) is 0 Å². The molecule has 0 spiro atoms. The fourth-order valence-corrected chi connectivity index (χ4v) is 1.60. The lowest BCUT2D eigenvalue weighted by Gasteiger charge is -2.09. The third kappa shape index (κ3) is 3.21. The molecule has 0 saturated carbocycles. The highest BCUT2D eigenvalue weighted by molar-refractivity contribution is 9.10. The van der Waals surface area contributed by atoms with Crippen LogP contribution in [-0.2, 0) is 0 Å². The van der Waals surface area contributed by atoms with Crippen LogP contribution in [0.3, 0.4) is 0 Å². The Balaban J connectivity index is 2.69. The Bertz CT molecular complexity index is 289. The molecule has 0 aliphatic heterocycles. The van der Waals surface area contributed by atoms with E-state index in [1.807, 2.05) is 0 Å². The Labute approximate surface area is 99.4 Å². The van der Waals surface area contributed by atoms with Gasteiger partial charge in [0.25, 0.3) is 0 Å². The molecule has 0 amide bonds. The molecule has 0 bridgehead atoms. The summed E-state index contributed by atoms with van der Waals surface area (Å²) in [7, 11) is 0. The van der Waals surface area contributed by atoms with Crippen molar-refractivity contribution in [2.45, 2.75) is 20.3 Å². The van der Waals surface area contributed by atoms with E-state index in [1.54, 1.807) is 0 Å². The standard InChI is InChI=1S/C11H15BrOS/c1-8-6-10(13-4-3-5-14)7-9(2)11(8)12/h6-7,14H,3-5H2,1-2H3. The second kappa shape index (κ2) is 5.66. The molecule has 0 aliphatic rings. The smallest absolute Gasteiger partial charge is 0.119 e. The normalized spacial score (nSPS) is 10.3. The minimum atomic E-state index is 0.740. The van der Waals surface area contributed by atoms with Crippen molar-refractivity contribution in [3.05, 3.63) is 27.7 Å². The van der Waals surface area contributed by atoms with E-state index in [4.69, 9.17) is 4.74 Å². The summed E-state index contributed by atoms with van der Waals surface area (Å²) < 4.78 is 6.76. The second-order valence-electron chi connectivity index (χ2n) is 3.30. The van der Waals surface area contributed by atoms with Gasteiger partial charge in [-0.05, 0) is 49.3 Å². The molecule has 1 aromatic carbocycles. The van der Waals surface area contributed by atoms with E-state index in [-0.39, 0.29) is 0 Å². The van der Waals surface area contributed by atoms with E-state index in [9.17, 15) is 0 Å². The minimum Gasteiger partial charge on any atom is -0.494 e. The lowest BCUT2D eigenvalue weighted by Crippen LogP contribution is -1.98. The molecule has 0 fully saturated rings. The van der Waals surface area contributed by atoms with Gasteiger partial charge in [0.05, 0.1) is 6.61 Å². The van der Waals surface area contributed by atoms with E-state index < -0.39 is 0 Å². The molecule has 78 valence electrons. The Morgan fingerprint density at radius 3 is 2.36 bits per heavy atom. The van der Waals surface area contributed by atoms with Crippen molar-refractivity contribution in [1.82, 2.24) is 0 Å². The van der Waals surface area contributed by atoms with Gasteiger partial charge in [0.2, 0.25) is 0 Å². The summed E-state index contributed by atoms with van der Waals surface area (Å²) in [5.74, 6) is 1.82. The topological polar surface area (TPSA) is 9.23 Å². The number of hydrogen-bond donors (Lipinski definition) is 1. The Hall–Kier alpha value is -0.150. The number of rotatable bonds is 4. The number of halogens is 1. The monoisotopic (exact) mass is 274 g/mol. The van der Waals surface area contributed by atoms with Gasteiger partial charge in [-0.1, -0.05) is 15.9 Å². The van der Waals surface area contributed by atoms with Crippen LogP contribution in [0.4, 0.5) is 0 Å². The van der Waals surface area contributed by atoms with E-state index >= 15 is 0 Å². The summed E-state index contributed by atoms with van der Waals surface area (Å²) in [5.41, 5.74) is 2.43. The van der Waals surface area contributed by atoms with Gasteiger partial charge < -0.3 is 4.74 Å². The predicted octanol–water partition coefficient (Wildman–Crippen LogP) is 3.76. The molecule has 1 aromatic rings. The van der Waals surface area contributed by atoms with Crippen LogP contribution < -0.4 is 4.74 Å². The molecular weight excluding hydrogens is 260 g/mol. The average Bonchev–Trinajstić information content (AvgIpc) is 2.14. The van der Waals surface area contributed by atoms with Crippen molar-refractivity contribution in [2.24, 2.45) is 0 Å². The summed E-state index contributed by atoms with van der Waals surface area (Å²) in [6.45, 7) is 4.88. The zero-order valence-electron chi connectivity index (χ0n) is 8.51. The molecule has 1 nitrogen and oxygen atoms in total. The van der Waals surface area contributed by atoms with E-state index in [1.165, 1.54) is 15.6 Å². The Morgan fingerprint density at radius 2 is 1.86 bits per heavy atom. The zero-order chi connectivity index (χ0) is 10.6. The van der Waals surface area contributed by atoms with Crippen LogP contribution in [0, 0.1) is 13.8 Å². The average molecular weight is 275 g/mol. The van der Waals surface area contributed by atoms with Crippen LogP contribution in [-0.4, -0.2) is 12.4 Å². The molecule has 14 heavy (non-hydrogen) atoms. The van der Waals surface area contributed by atoms with Gasteiger partial charge in [-0.2, -0.15) is 12.6 Å². The molecule has 0 saturated heterocycles. The van der Waals surface area contributed by atoms with Crippen LogP contribution in [0.2, 0.25) is 0 Å². The van der Waals surface area contributed by atoms with Crippen LogP contribution in [0.15, 0.2) is 16.6 Å². The molecule has 0 N–H and O–H groups in total. The van der Waals surface area contributed by atoms with Crippen molar-refractivity contribution in [3.8, 4) is 5.75 Å². The summed E-state index contributed by atoms with van der Waals surface area (Å²) in [5, 5.41) is 0. The van der Waals surface area contributed by atoms with Crippen LogP contribution in [0.5, 0.6) is 5.75 Å². The number of ether oxygens (including phenoxy) is 1. The lowest BCUT2D eigenvalue weighted by atomic mass is 10.1. The van der Waals surface area contributed by atoms with Crippen molar-refractivity contribution in [1.29, 1.82) is 0 Å². The minimum absolute atomic E-state index is 0.740. The molecule has 1 rings (SSSR count). The summed E-state index contributed by atoms with van der Waals surface area (Å²) in [4.78, 5) is 0. The first-order valence-electron chi connectivity index (χ1n) is 4.65. The number of aryl methyl sites for hydroxylation is 2. The van der Waals surface area contributed by atoms with Crippen molar-refractivity contribution in [2.75, 3.05) is 12.4 Å². The lowest BCUT2D eigenvalue weighted by molar-refractivity contribution is 0.318. The molecule has 0 radical (unpaired) electrons. The predicted molar refractivity (Wildman–Crippen MR) is 67.6 cm³/mol. The first-order valence-corrected chi connectivity index (χ1v) is 6.08. The van der Waals surface area contributed by atoms with Gasteiger partial charge in [0.15, 0.2) is 0 Å². The number of thiol groups is 1. The van der Waals surface area contributed by atoms with E-state index in [2.05, 4.69) is 54.5 Å². The number of benzene rings is 1. The first kappa shape index (κ1) is 11.9. The highest BCUT2D eigenvalue weighted by atomic mass is 79.9. The fourth-order valence-electron chi connectivity index (χ4n) is 1.24. The van der Waals surface area contributed by atoms with E-state index in [0.29, 0.717) is 0 Å². The Kier molecular flexibility index (Phi) is 4.82. The van der Waals surface area contributed by atoms with Gasteiger partial charge in [0, 0.05) is 4.47 Å². The molecule has 0 unspecified atom stereocenters. The van der Waals surface area contributed by atoms with Crippen molar-refractivity contribution >= 4 is 28.6 Å². The molecule has 3 heteroatoms. The molecule has 0 aromatic heterocycles. The largest absolute Gasteiger partial charge is 0.494 e. The summed E-state index contributed by atoms with van der Waals surface area (Å²) in [6, 6.07) is 4.10. The first-order chi connectivity index (χ1) is 6.65. The Morgan fingerprint density at radius 1 is 1.29 bits per heavy atom. The maximum atomic E-state index is 5.59. The molecule has 0 atom stereocenters. The second-order valence-corrected chi connectivity index (χ2v) is 4.54. The third-order valence-electron chi connectivity index (χ3n) is 1.98. The fraction of sp³-hybridized carbons (Fsp3) is 0.455. The summed E-state index contributed by atoms with van der Waals surface area (Å²) >= 11 is 7.66. The third-order valence-corrected chi connectivity index (χ3v) is 3.55. The quantitative estimate of drug-likeness (QED) is 0.650. The maximum Gasteiger partial charge on any atom is 0.119 e. The van der Waals surface area contributed by atoms with Crippen molar-refractivity contribution < 1.29 is 4.74 Å².